The number of hydrogen-bond acceptors (Lipinski definition) is 4. The third-order valence-corrected chi connectivity index (χ3v) is 5.31. The van der Waals surface area contributed by atoms with Crippen molar-refractivity contribution in [2.75, 3.05) is 27.9 Å². The van der Waals surface area contributed by atoms with E-state index in [0.717, 1.165) is 42.3 Å². The molecule has 1 aliphatic heterocycles. The number of amides is 1. The average Bonchev–Trinajstić information content (AvgIpc) is 3.08. The summed E-state index contributed by atoms with van der Waals surface area (Å²) in [6.07, 6.45) is 6.64. The zero-order chi connectivity index (χ0) is 18.7. The van der Waals surface area contributed by atoms with Crippen molar-refractivity contribution < 1.29 is 19.0 Å². The molecule has 1 atom stereocenters. The number of carbonyl (C=O) groups excluding carboxylic acids is 1. The summed E-state index contributed by atoms with van der Waals surface area (Å²) in [5.74, 6) is 1.91. The predicted octanol–water partition coefficient (Wildman–Crippen LogP) is 3.53. The third-order valence-electron chi connectivity index (χ3n) is 5.31. The number of benzene rings is 1. The summed E-state index contributed by atoms with van der Waals surface area (Å²) in [4.78, 5) is 18.3. The number of piperidine rings is 1. The van der Waals surface area contributed by atoms with Crippen molar-refractivity contribution in [1.82, 2.24) is 9.88 Å². The molecule has 1 unspecified atom stereocenters. The van der Waals surface area contributed by atoms with Crippen LogP contribution < -0.4 is 14.2 Å². The second-order valence-electron chi connectivity index (χ2n) is 6.70. The van der Waals surface area contributed by atoms with Gasteiger partial charge in [-0.1, -0.05) is 6.92 Å². The summed E-state index contributed by atoms with van der Waals surface area (Å²) >= 11 is 0. The van der Waals surface area contributed by atoms with E-state index in [1.165, 1.54) is 6.42 Å². The van der Waals surface area contributed by atoms with Gasteiger partial charge in [0.2, 0.25) is 11.7 Å². The summed E-state index contributed by atoms with van der Waals surface area (Å²) in [5, 5.41) is 0.878. The standard InChI is InChI=1S/C20H28N2O4/c1-5-14-8-6-7-9-22(14)17(23)10-13-12-21-15-11-16(24-2)19(25-3)20(26-4)18(13)15/h11-12,14,21H,5-10H2,1-4H3. The molecule has 1 aromatic carbocycles. The molecule has 1 saturated heterocycles. The van der Waals surface area contributed by atoms with E-state index in [1.54, 1.807) is 21.3 Å². The smallest absolute Gasteiger partial charge is 0.227 e. The van der Waals surface area contributed by atoms with E-state index in [2.05, 4.69) is 16.8 Å². The van der Waals surface area contributed by atoms with E-state index < -0.39 is 0 Å². The van der Waals surface area contributed by atoms with E-state index in [0.29, 0.717) is 29.7 Å². The molecule has 1 aromatic heterocycles. The Morgan fingerprint density at radius 1 is 1.19 bits per heavy atom. The van der Waals surface area contributed by atoms with Crippen molar-refractivity contribution in [2.24, 2.45) is 0 Å². The third kappa shape index (κ3) is 3.20. The van der Waals surface area contributed by atoms with Gasteiger partial charge in [0.1, 0.15) is 0 Å². The van der Waals surface area contributed by atoms with Crippen LogP contribution in [0, 0.1) is 0 Å². The average molecular weight is 360 g/mol. The fraction of sp³-hybridized carbons (Fsp3) is 0.550. The van der Waals surface area contributed by atoms with E-state index in [4.69, 9.17) is 14.2 Å². The maximum atomic E-state index is 13.0. The highest BCUT2D eigenvalue weighted by atomic mass is 16.5. The fourth-order valence-corrected chi connectivity index (χ4v) is 3.98. The molecule has 1 amide bonds. The fourth-order valence-electron chi connectivity index (χ4n) is 3.98. The van der Waals surface area contributed by atoms with Crippen LogP contribution in [0.2, 0.25) is 0 Å². The van der Waals surface area contributed by atoms with Gasteiger partial charge in [-0.2, -0.15) is 0 Å². The first-order chi connectivity index (χ1) is 12.6. The van der Waals surface area contributed by atoms with Gasteiger partial charge in [0.15, 0.2) is 11.5 Å². The SMILES string of the molecule is CCC1CCCCN1C(=O)Cc1c[nH]c2cc(OC)c(OC)c(OC)c12. The zero-order valence-corrected chi connectivity index (χ0v) is 16.1. The molecule has 0 radical (unpaired) electrons. The van der Waals surface area contributed by atoms with Crippen LogP contribution in [0.1, 0.15) is 38.2 Å². The molecule has 6 nitrogen and oxygen atoms in total. The van der Waals surface area contributed by atoms with E-state index in [1.807, 2.05) is 12.3 Å². The number of methoxy groups -OCH3 is 3. The lowest BCUT2D eigenvalue weighted by atomic mass is 9.98. The number of carbonyl (C=O) groups is 1. The molecule has 142 valence electrons. The van der Waals surface area contributed by atoms with Gasteiger partial charge in [-0.25, -0.2) is 0 Å². The summed E-state index contributed by atoms with van der Waals surface area (Å²) in [5.41, 5.74) is 1.79. The van der Waals surface area contributed by atoms with Crippen molar-refractivity contribution in [2.45, 2.75) is 45.1 Å². The van der Waals surface area contributed by atoms with Crippen LogP contribution in [0.15, 0.2) is 12.3 Å². The van der Waals surface area contributed by atoms with Crippen LogP contribution in [-0.2, 0) is 11.2 Å². The number of aromatic nitrogens is 1. The topological polar surface area (TPSA) is 63.8 Å². The number of aromatic amines is 1. The highest BCUT2D eigenvalue weighted by molar-refractivity contribution is 5.96. The number of nitrogens with zero attached hydrogens (tertiary/aromatic N) is 1. The van der Waals surface area contributed by atoms with Gasteiger partial charge in [-0.3, -0.25) is 4.79 Å². The molecular weight excluding hydrogens is 332 g/mol. The minimum absolute atomic E-state index is 0.175. The van der Waals surface area contributed by atoms with Gasteiger partial charge in [0, 0.05) is 30.2 Å². The Labute approximate surface area is 154 Å². The van der Waals surface area contributed by atoms with Crippen LogP contribution >= 0.6 is 0 Å². The number of hydrogen-bond donors (Lipinski definition) is 1. The van der Waals surface area contributed by atoms with Crippen LogP contribution in [0.3, 0.4) is 0 Å². The lowest BCUT2D eigenvalue weighted by Gasteiger charge is -2.35. The summed E-state index contributed by atoms with van der Waals surface area (Å²) in [6, 6.07) is 2.23. The van der Waals surface area contributed by atoms with Gasteiger partial charge in [-0.05, 0) is 31.2 Å². The minimum Gasteiger partial charge on any atom is -0.493 e. The van der Waals surface area contributed by atoms with E-state index >= 15 is 0 Å². The molecule has 1 N–H and O–H groups in total. The zero-order valence-electron chi connectivity index (χ0n) is 16.1. The lowest BCUT2D eigenvalue weighted by Crippen LogP contribution is -2.44. The molecule has 2 heterocycles. The largest absolute Gasteiger partial charge is 0.493 e. The minimum atomic E-state index is 0.175. The molecule has 0 aliphatic carbocycles. The summed E-state index contributed by atoms with van der Waals surface area (Å²) in [7, 11) is 4.79. The summed E-state index contributed by atoms with van der Waals surface area (Å²) < 4.78 is 16.5. The Morgan fingerprint density at radius 2 is 1.96 bits per heavy atom. The number of likely N-dealkylation sites (tertiary alicyclic amines) is 1. The maximum Gasteiger partial charge on any atom is 0.227 e. The van der Waals surface area contributed by atoms with Gasteiger partial charge < -0.3 is 24.1 Å². The molecule has 6 heteroatoms. The second kappa shape index (κ2) is 7.89. The Morgan fingerprint density at radius 3 is 2.62 bits per heavy atom. The molecule has 3 rings (SSSR count). The Bertz CT molecular complexity index is 784. The highest BCUT2D eigenvalue weighted by Crippen LogP contribution is 2.44. The van der Waals surface area contributed by atoms with Gasteiger partial charge >= 0.3 is 0 Å². The Hall–Kier alpha value is -2.37. The van der Waals surface area contributed by atoms with E-state index in [9.17, 15) is 4.79 Å². The normalized spacial score (nSPS) is 17.4. The van der Waals surface area contributed by atoms with Crippen molar-refractivity contribution in [3.05, 3.63) is 17.8 Å². The first-order valence-corrected chi connectivity index (χ1v) is 9.22. The summed E-state index contributed by atoms with van der Waals surface area (Å²) in [6.45, 7) is 3.01. The molecule has 0 bridgehead atoms. The Balaban J connectivity index is 1.96. The number of fused-ring (bicyclic) bond motifs is 1. The van der Waals surface area contributed by atoms with Crippen molar-refractivity contribution in [3.8, 4) is 17.2 Å². The molecule has 0 saturated carbocycles. The van der Waals surface area contributed by atoms with Crippen molar-refractivity contribution in [3.63, 3.8) is 0 Å². The van der Waals surface area contributed by atoms with Crippen molar-refractivity contribution >= 4 is 16.8 Å². The van der Waals surface area contributed by atoms with E-state index in [-0.39, 0.29) is 5.91 Å². The molecule has 1 fully saturated rings. The molecule has 2 aromatic rings. The number of rotatable bonds is 6. The molecule has 26 heavy (non-hydrogen) atoms. The predicted molar refractivity (Wildman–Crippen MR) is 101 cm³/mol. The number of nitrogens with one attached hydrogen (secondary N) is 1. The quantitative estimate of drug-likeness (QED) is 0.856. The first-order valence-electron chi connectivity index (χ1n) is 9.22. The maximum absolute atomic E-state index is 13.0. The van der Waals surface area contributed by atoms with Crippen LogP contribution in [0.25, 0.3) is 10.9 Å². The number of H-pyrrole nitrogens is 1. The van der Waals surface area contributed by atoms with Gasteiger partial charge in [0.05, 0.1) is 33.3 Å². The lowest BCUT2D eigenvalue weighted by molar-refractivity contribution is -0.134. The van der Waals surface area contributed by atoms with Crippen LogP contribution in [0.5, 0.6) is 17.2 Å². The number of ether oxygens (including phenoxy) is 3. The van der Waals surface area contributed by atoms with Crippen LogP contribution in [0.4, 0.5) is 0 Å². The van der Waals surface area contributed by atoms with Gasteiger partial charge in [-0.15, -0.1) is 0 Å². The van der Waals surface area contributed by atoms with Gasteiger partial charge in [0.25, 0.3) is 0 Å². The highest BCUT2D eigenvalue weighted by Gasteiger charge is 2.27. The molecular formula is C20H28N2O4. The molecule has 0 spiro atoms. The van der Waals surface area contributed by atoms with Crippen LogP contribution in [-0.4, -0.2) is 49.7 Å². The second-order valence-corrected chi connectivity index (χ2v) is 6.70. The Kier molecular flexibility index (Phi) is 5.59. The first kappa shape index (κ1) is 18.4. The molecule has 1 aliphatic rings. The van der Waals surface area contributed by atoms with Crippen molar-refractivity contribution in [1.29, 1.82) is 0 Å². The monoisotopic (exact) mass is 360 g/mol.